The Kier molecular flexibility index (Phi) is 63.0. The Morgan fingerprint density at radius 1 is 0.300 bits per heavy atom. The van der Waals surface area contributed by atoms with Gasteiger partial charge in [-0.1, -0.05) is 317 Å². The Labute approximate surface area is 549 Å². The van der Waals surface area contributed by atoms with E-state index in [9.17, 15) is 43.2 Å². The lowest BCUT2D eigenvalue weighted by Crippen LogP contribution is -2.30. The average molecular weight is 1330 g/mol. The van der Waals surface area contributed by atoms with E-state index in [1.807, 2.05) is 0 Å². The second-order valence-electron chi connectivity index (χ2n) is 26.1. The molecule has 0 rings (SSSR count). The van der Waals surface area contributed by atoms with Gasteiger partial charge in [0.15, 0.2) is 12.2 Å². The number of carbonyl (C=O) groups excluding carboxylic acids is 4. The molecule has 0 aromatic heterocycles. The van der Waals surface area contributed by atoms with Gasteiger partial charge in [-0.2, -0.15) is 0 Å². The Bertz CT molecular complexity index is 1740. The van der Waals surface area contributed by atoms with Crippen molar-refractivity contribution in [3.63, 3.8) is 0 Å². The molecule has 0 spiro atoms. The summed E-state index contributed by atoms with van der Waals surface area (Å²) in [5, 5.41) is 10.6. The maximum atomic E-state index is 13.0. The zero-order chi connectivity index (χ0) is 66.3. The lowest BCUT2D eigenvalue weighted by atomic mass is 10.0. The van der Waals surface area contributed by atoms with Gasteiger partial charge in [0, 0.05) is 25.7 Å². The fourth-order valence-electron chi connectivity index (χ4n) is 10.8. The van der Waals surface area contributed by atoms with Crippen LogP contribution in [-0.2, 0) is 65.4 Å². The molecule has 90 heavy (non-hydrogen) atoms. The second-order valence-corrected chi connectivity index (χ2v) is 29.0. The molecule has 3 N–H and O–H groups in total. The molecule has 0 amide bonds. The van der Waals surface area contributed by atoms with Crippen molar-refractivity contribution in [1.82, 2.24) is 0 Å². The van der Waals surface area contributed by atoms with Gasteiger partial charge in [0.1, 0.15) is 19.3 Å². The normalized spacial score (nSPS) is 14.1. The summed E-state index contributed by atoms with van der Waals surface area (Å²) < 4.78 is 68.2. The molecule has 0 bridgehead atoms. The molecule has 0 heterocycles. The molecule has 2 unspecified atom stereocenters. The standard InChI is InChI=1S/C71H138O17P2/c1-6-9-12-15-18-20-22-24-25-26-27-28-29-30-32-34-36-41-46-51-56-70(75)87-67(61-82-69(74)55-50-45-40-35-33-31-23-21-19-16-13-10-7-2)63-86-90(79,80)84-59-65(72)58-83-89(77,78)85-62-66(60-81-68(73)54-49-44-38-17-14-11-8-3)88-71(76)57-52-47-42-37-39-43-48-53-64(4)5/h64-67,72H,6-63H2,1-5H3,(H,77,78)(H,79,80)/t65-,66+,67+/m0/s1. The van der Waals surface area contributed by atoms with Crippen molar-refractivity contribution < 1.29 is 80.2 Å². The maximum Gasteiger partial charge on any atom is 0.472 e. The molecule has 0 aromatic carbocycles. The summed E-state index contributed by atoms with van der Waals surface area (Å²) in [6.07, 6.45) is 51.7. The average Bonchev–Trinajstić information content (AvgIpc) is 3.65. The summed E-state index contributed by atoms with van der Waals surface area (Å²) in [7, 11) is -9.89. The SMILES string of the molecule is CCCCCCCCCCCCCCCCCCCCCCC(=O)O[C@H](COC(=O)CCCCCCCCCCCCCCC)COP(=O)(O)OC[C@@H](O)COP(=O)(O)OC[C@@H](COC(=O)CCCCCCCCC)OC(=O)CCCCCCCCCC(C)C. The molecule has 0 aromatic rings. The molecule has 17 nitrogen and oxygen atoms in total. The van der Waals surface area contributed by atoms with E-state index in [0.717, 1.165) is 103 Å². The molecule has 0 saturated heterocycles. The minimum absolute atomic E-state index is 0.103. The van der Waals surface area contributed by atoms with E-state index >= 15 is 0 Å². The van der Waals surface area contributed by atoms with E-state index in [2.05, 4.69) is 34.6 Å². The van der Waals surface area contributed by atoms with Crippen LogP contribution in [0.15, 0.2) is 0 Å². The summed E-state index contributed by atoms with van der Waals surface area (Å²) in [5.41, 5.74) is 0. The first-order valence-electron chi connectivity index (χ1n) is 37.1. The zero-order valence-corrected chi connectivity index (χ0v) is 60.1. The van der Waals surface area contributed by atoms with E-state index in [0.29, 0.717) is 31.6 Å². The van der Waals surface area contributed by atoms with E-state index in [-0.39, 0.29) is 25.7 Å². The number of ether oxygens (including phenoxy) is 4. The van der Waals surface area contributed by atoms with Crippen LogP contribution in [-0.4, -0.2) is 96.7 Å². The predicted octanol–water partition coefficient (Wildman–Crippen LogP) is 20.5. The first kappa shape index (κ1) is 88.1. The Morgan fingerprint density at radius 2 is 0.511 bits per heavy atom. The number of phosphoric acid groups is 2. The summed E-state index contributed by atoms with van der Waals surface area (Å²) in [4.78, 5) is 72.4. The van der Waals surface area contributed by atoms with E-state index in [1.54, 1.807) is 0 Å². The van der Waals surface area contributed by atoms with Crippen molar-refractivity contribution >= 4 is 39.5 Å². The number of aliphatic hydroxyl groups is 1. The van der Waals surface area contributed by atoms with Crippen molar-refractivity contribution in [3.8, 4) is 0 Å². The second kappa shape index (κ2) is 64.4. The van der Waals surface area contributed by atoms with Gasteiger partial charge >= 0.3 is 39.5 Å². The summed E-state index contributed by atoms with van der Waals surface area (Å²) in [5.74, 6) is -1.43. The van der Waals surface area contributed by atoms with Crippen LogP contribution in [0, 0.1) is 5.92 Å². The lowest BCUT2D eigenvalue weighted by molar-refractivity contribution is -0.161. The molecule has 5 atom stereocenters. The fraction of sp³-hybridized carbons (Fsp3) is 0.944. The molecule has 0 aliphatic heterocycles. The van der Waals surface area contributed by atoms with Gasteiger partial charge in [-0.3, -0.25) is 37.3 Å². The van der Waals surface area contributed by atoms with Crippen LogP contribution < -0.4 is 0 Å². The van der Waals surface area contributed by atoms with Crippen LogP contribution in [0.25, 0.3) is 0 Å². The van der Waals surface area contributed by atoms with Crippen molar-refractivity contribution in [2.24, 2.45) is 5.92 Å². The first-order chi connectivity index (χ1) is 43.5. The molecule has 0 saturated carbocycles. The Balaban J connectivity index is 5.16. The maximum absolute atomic E-state index is 13.0. The van der Waals surface area contributed by atoms with Gasteiger partial charge in [-0.15, -0.1) is 0 Å². The highest BCUT2D eigenvalue weighted by atomic mass is 31.2. The van der Waals surface area contributed by atoms with Crippen LogP contribution >= 0.6 is 15.6 Å². The van der Waals surface area contributed by atoms with Gasteiger partial charge in [-0.25, -0.2) is 9.13 Å². The molecular formula is C71H138O17P2. The predicted molar refractivity (Wildman–Crippen MR) is 363 cm³/mol. The Hall–Kier alpha value is -1.94. The molecule has 534 valence electrons. The number of rotatable bonds is 71. The number of phosphoric ester groups is 2. The smallest absolute Gasteiger partial charge is 0.462 e. The summed E-state index contributed by atoms with van der Waals surface area (Å²) in [6.45, 7) is 7.15. The summed E-state index contributed by atoms with van der Waals surface area (Å²) >= 11 is 0. The van der Waals surface area contributed by atoms with Crippen molar-refractivity contribution in [1.29, 1.82) is 0 Å². The van der Waals surface area contributed by atoms with Crippen molar-refractivity contribution in [2.75, 3.05) is 39.6 Å². The van der Waals surface area contributed by atoms with Crippen LogP contribution in [0.4, 0.5) is 0 Å². The van der Waals surface area contributed by atoms with Crippen LogP contribution in [0.5, 0.6) is 0 Å². The molecule has 0 aliphatic carbocycles. The van der Waals surface area contributed by atoms with Crippen LogP contribution in [0.1, 0.15) is 369 Å². The largest absolute Gasteiger partial charge is 0.472 e. The monoisotopic (exact) mass is 1320 g/mol. The first-order valence-corrected chi connectivity index (χ1v) is 40.1. The van der Waals surface area contributed by atoms with Gasteiger partial charge in [0.2, 0.25) is 0 Å². The molecular weight excluding hydrogens is 1190 g/mol. The van der Waals surface area contributed by atoms with Gasteiger partial charge in [0.05, 0.1) is 26.4 Å². The van der Waals surface area contributed by atoms with Crippen LogP contribution in [0.3, 0.4) is 0 Å². The number of unbranched alkanes of at least 4 members (excludes halogenated alkanes) is 43. The van der Waals surface area contributed by atoms with E-state index in [1.165, 1.54) is 180 Å². The minimum atomic E-state index is -4.95. The topological polar surface area (TPSA) is 237 Å². The number of hydrogen-bond donors (Lipinski definition) is 3. The highest BCUT2D eigenvalue weighted by Gasteiger charge is 2.30. The fourth-order valence-corrected chi connectivity index (χ4v) is 12.4. The Morgan fingerprint density at radius 3 is 0.756 bits per heavy atom. The quantitative estimate of drug-likeness (QED) is 0.0222. The third-order valence-electron chi connectivity index (χ3n) is 16.5. The van der Waals surface area contributed by atoms with E-state index < -0.39 is 97.5 Å². The van der Waals surface area contributed by atoms with Crippen molar-refractivity contribution in [3.05, 3.63) is 0 Å². The molecule has 0 aliphatic rings. The van der Waals surface area contributed by atoms with Crippen molar-refractivity contribution in [2.45, 2.75) is 387 Å². The van der Waals surface area contributed by atoms with Gasteiger partial charge < -0.3 is 33.8 Å². The van der Waals surface area contributed by atoms with Gasteiger partial charge in [0.25, 0.3) is 0 Å². The lowest BCUT2D eigenvalue weighted by Gasteiger charge is -2.21. The number of hydrogen-bond acceptors (Lipinski definition) is 15. The summed E-state index contributed by atoms with van der Waals surface area (Å²) in [6, 6.07) is 0. The number of aliphatic hydroxyl groups excluding tert-OH is 1. The third-order valence-corrected chi connectivity index (χ3v) is 18.4. The number of carbonyl (C=O) groups is 4. The molecule has 0 fully saturated rings. The van der Waals surface area contributed by atoms with Gasteiger partial charge in [-0.05, 0) is 31.6 Å². The number of esters is 4. The zero-order valence-electron chi connectivity index (χ0n) is 58.3. The molecule has 19 heteroatoms. The van der Waals surface area contributed by atoms with Crippen LogP contribution in [0.2, 0.25) is 0 Å². The molecule has 0 radical (unpaired) electrons. The highest BCUT2D eigenvalue weighted by molar-refractivity contribution is 7.47. The third kappa shape index (κ3) is 64.8. The van der Waals surface area contributed by atoms with E-state index in [4.69, 9.17) is 37.0 Å². The minimum Gasteiger partial charge on any atom is -0.462 e. The highest BCUT2D eigenvalue weighted by Crippen LogP contribution is 2.45.